The number of halogens is 1. The molecular weight excluding hydrogens is 450 g/mol. The predicted octanol–water partition coefficient (Wildman–Crippen LogP) is 3.77. The largest absolute Gasteiger partial charge is 0.467 e. The summed E-state index contributed by atoms with van der Waals surface area (Å²) in [6.45, 7) is 3.91. The fraction of sp³-hybridized carbons (Fsp3) is 0.348. The SMILES string of the molecule is CCOC(=O)c1ccc(N2C(=S)N[C@H]3c4cc(Cl)ccc4O[C@@]2(C)[C@@H]3C(=O)N(C)C)cc1. The number of carbonyl (C=O) groups is 2. The van der Waals surface area contributed by atoms with Crippen LogP contribution in [-0.4, -0.2) is 48.3 Å². The molecule has 0 saturated carbocycles. The molecule has 3 atom stereocenters. The van der Waals surface area contributed by atoms with E-state index in [0.29, 0.717) is 33.7 Å². The molecule has 9 heteroatoms. The van der Waals surface area contributed by atoms with Crippen LogP contribution in [0.5, 0.6) is 5.75 Å². The Bertz CT molecular complexity index is 1090. The van der Waals surface area contributed by atoms with Gasteiger partial charge < -0.3 is 19.7 Å². The van der Waals surface area contributed by atoms with Gasteiger partial charge in [0.25, 0.3) is 0 Å². The third kappa shape index (κ3) is 3.57. The zero-order valence-electron chi connectivity index (χ0n) is 18.2. The molecule has 7 nitrogen and oxygen atoms in total. The highest BCUT2D eigenvalue weighted by molar-refractivity contribution is 7.80. The molecule has 0 spiro atoms. The quantitative estimate of drug-likeness (QED) is 0.535. The number of nitrogens with one attached hydrogen (secondary N) is 1. The first-order chi connectivity index (χ1) is 15.2. The molecule has 0 aliphatic carbocycles. The maximum atomic E-state index is 13.4. The lowest BCUT2D eigenvalue weighted by Gasteiger charge is -2.56. The number of ether oxygens (including phenoxy) is 2. The summed E-state index contributed by atoms with van der Waals surface area (Å²) >= 11 is 12.0. The second-order valence-corrected chi connectivity index (χ2v) is 8.90. The number of esters is 1. The van der Waals surface area contributed by atoms with Crippen molar-refractivity contribution in [2.45, 2.75) is 25.6 Å². The van der Waals surface area contributed by atoms with E-state index in [9.17, 15) is 9.59 Å². The topological polar surface area (TPSA) is 71.1 Å². The summed E-state index contributed by atoms with van der Waals surface area (Å²) in [5.41, 5.74) is 0.793. The molecule has 1 N–H and O–H groups in total. The number of rotatable bonds is 4. The Morgan fingerprint density at radius 3 is 2.56 bits per heavy atom. The summed E-state index contributed by atoms with van der Waals surface area (Å²) in [7, 11) is 3.43. The van der Waals surface area contributed by atoms with Gasteiger partial charge in [0.15, 0.2) is 10.8 Å². The van der Waals surface area contributed by atoms with E-state index in [-0.39, 0.29) is 5.91 Å². The van der Waals surface area contributed by atoms with Gasteiger partial charge in [0.2, 0.25) is 5.91 Å². The van der Waals surface area contributed by atoms with Crippen LogP contribution in [0.25, 0.3) is 0 Å². The molecule has 2 aliphatic heterocycles. The molecule has 2 bridgehead atoms. The van der Waals surface area contributed by atoms with Crippen molar-refractivity contribution >= 4 is 46.5 Å². The maximum absolute atomic E-state index is 13.4. The zero-order valence-corrected chi connectivity index (χ0v) is 19.8. The normalized spacial score (nSPS) is 23.5. The Morgan fingerprint density at radius 1 is 1.25 bits per heavy atom. The fourth-order valence-electron chi connectivity index (χ4n) is 4.36. The van der Waals surface area contributed by atoms with Gasteiger partial charge in [0, 0.05) is 30.4 Å². The van der Waals surface area contributed by atoms with Gasteiger partial charge >= 0.3 is 5.97 Å². The summed E-state index contributed by atoms with van der Waals surface area (Å²) in [5, 5.41) is 4.29. The zero-order chi connectivity index (χ0) is 23.2. The first kappa shape index (κ1) is 22.4. The number of nitrogens with zero attached hydrogens (tertiary/aromatic N) is 2. The number of anilines is 1. The number of fused-ring (bicyclic) bond motifs is 4. The van der Waals surface area contributed by atoms with E-state index >= 15 is 0 Å². The van der Waals surface area contributed by atoms with E-state index in [2.05, 4.69) is 5.32 Å². The first-order valence-electron chi connectivity index (χ1n) is 10.2. The van der Waals surface area contributed by atoms with Crippen molar-refractivity contribution in [3.05, 3.63) is 58.6 Å². The lowest BCUT2D eigenvalue weighted by atomic mass is 9.78. The Morgan fingerprint density at radius 2 is 1.94 bits per heavy atom. The average Bonchev–Trinajstić information content (AvgIpc) is 2.74. The van der Waals surface area contributed by atoms with Gasteiger partial charge in [0.05, 0.1) is 18.2 Å². The van der Waals surface area contributed by atoms with Crippen LogP contribution in [0.1, 0.15) is 35.8 Å². The van der Waals surface area contributed by atoms with E-state index in [1.165, 1.54) is 0 Å². The third-order valence-electron chi connectivity index (χ3n) is 5.80. The van der Waals surface area contributed by atoms with E-state index in [4.69, 9.17) is 33.3 Å². The van der Waals surface area contributed by atoms with Crippen LogP contribution in [0.15, 0.2) is 42.5 Å². The molecule has 2 aromatic carbocycles. The number of benzene rings is 2. The van der Waals surface area contributed by atoms with E-state index in [0.717, 1.165) is 5.56 Å². The van der Waals surface area contributed by atoms with E-state index in [1.54, 1.807) is 73.3 Å². The number of hydrogen-bond donors (Lipinski definition) is 1. The monoisotopic (exact) mass is 473 g/mol. The Balaban J connectivity index is 1.81. The third-order valence-corrected chi connectivity index (χ3v) is 6.34. The number of amides is 1. The van der Waals surface area contributed by atoms with Gasteiger partial charge in [-0.15, -0.1) is 0 Å². The molecule has 2 aliphatic rings. The molecule has 0 unspecified atom stereocenters. The standard InChI is InChI=1S/C23H24ClN3O4S/c1-5-30-21(29)13-6-9-15(10-7-13)27-22(32)25-19-16-12-14(24)8-11-17(16)31-23(27,2)18(19)20(28)26(3)4/h6-12,18-19H,5H2,1-4H3,(H,25,32)/t18-,19-,23-/m0/s1. The average molecular weight is 474 g/mol. The van der Waals surface area contributed by atoms with Gasteiger partial charge in [-0.25, -0.2) is 4.79 Å². The highest BCUT2D eigenvalue weighted by atomic mass is 35.5. The Hall–Kier alpha value is -2.84. The van der Waals surface area contributed by atoms with Crippen molar-refractivity contribution < 1.29 is 19.1 Å². The highest BCUT2D eigenvalue weighted by Gasteiger charge is 2.59. The van der Waals surface area contributed by atoms with Crippen LogP contribution in [-0.2, 0) is 9.53 Å². The lowest BCUT2D eigenvalue weighted by Crippen LogP contribution is -2.72. The van der Waals surface area contributed by atoms with Crippen LogP contribution in [0.4, 0.5) is 5.69 Å². The van der Waals surface area contributed by atoms with Crippen molar-refractivity contribution in [3.63, 3.8) is 0 Å². The van der Waals surface area contributed by atoms with Gasteiger partial charge in [-0.2, -0.15) is 0 Å². The Labute approximate surface area is 197 Å². The Kier molecular flexibility index (Phi) is 5.77. The van der Waals surface area contributed by atoms with Crippen LogP contribution in [0.2, 0.25) is 5.02 Å². The molecular formula is C23H24ClN3O4S. The van der Waals surface area contributed by atoms with Crippen molar-refractivity contribution in [2.75, 3.05) is 25.6 Å². The molecule has 0 aromatic heterocycles. The number of hydrogen-bond acceptors (Lipinski definition) is 5. The summed E-state index contributed by atoms with van der Waals surface area (Å²) in [6, 6.07) is 11.8. The molecule has 1 saturated heterocycles. The smallest absolute Gasteiger partial charge is 0.338 e. The first-order valence-corrected chi connectivity index (χ1v) is 11.0. The predicted molar refractivity (Wildman–Crippen MR) is 126 cm³/mol. The molecule has 32 heavy (non-hydrogen) atoms. The molecule has 2 aromatic rings. The van der Waals surface area contributed by atoms with E-state index < -0.39 is 23.7 Å². The van der Waals surface area contributed by atoms with Crippen LogP contribution >= 0.6 is 23.8 Å². The number of thiocarbonyl (C=S) groups is 1. The minimum absolute atomic E-state index is 0.105. The molecule has 4 rings (SSSR count). The second-order valence-electron chi connectivity index (χ2n) is 8.08. The maximum Gasteiger partial charge on any atom is 0.338 e. The molecule has 1 fully saturated rings. The summed E-state index contributed by atoms with van der Waals surface area (Å²) in [5.74, 6) is -0.482. The fourth-order valence-corrected chi connectivity index (χ4v) is 4.95. The molecule has 0 radical (unpaired) electrons. The molecule has 168 valence electrons. The van der Waals surface area contributed by atoms with Crippen LogP contribution < -0.4 is 15.0 Å². The highest BCUT2D eigenvalue weighted by Crippen LogP contribution is 2.50. The van der Waals surface area contributed by atoms with Gasteiger partial charge in [-0.3, -0.25) is 9.69 Å². The van der Waals surface area contributed by atoms with Crippen LogP contribution in [0.3, 0.4) is 0 Å². The van der Waals surface area contributed by atoms with Crippen molar-refractivity contribution in [3.8, 4) is 5.75 Å². The van der Waals surface area contributed by atoms with Gasteiger partial charge in [-0.05, 0) is 68.5 Å². The van der Waals surface area contributed by atoms with Crippen molar-refractivity contribution in [2.24, 2.45) is 5.92 Å². The van der Waals surface area contributed by atoms with Crippen LogP contribution in [0, 0.1) is 5.92 Å². The minimum Gasteiger partial charge on any atom is -0.467 e. The molecule has 2 heterocycles. The summed E-state index contributed by atoms with van der Waals surface area (Å²) in [6.07, 6.45) is 0. The van der Waals surface area contributed by atoms with E-state index in [1.807, 2.05) is 6.92 Å². The summed E-state index contributed by atoms with van der Waals surface area (Å²) < 4.78 is 11.6. The van der Waals surface area contributed by atoms with Crippen molar-refractivity contribution in [1.82, 2.24) is 10.2 Å². The van der Waals surface area contributed by atoms with Gasteiger partial charge in [0.1, 0.15) is 11.7 Å². The van der Waals surface area contributed by atoms with Gasteiger partial charge in [-0.1, -0.05) is 11.6 Å². The minimum atomic E-state index is -1.11. The number of carbonyl (C=O) groups excluding carboxylic acids is 2. The molecule has 1 amide bonds. The summed E-state index contributed by atoms with van der Waals surface area (Å²) in [4.78, 5) is 28.7. The van der Waals surface area contributed by atoms with Crippen molar-refractivity contribution in [1.29, 1.82) is 0 Å². The lowest BCUT2D eigenvalue weighted by molar-refractivity contribution is -0.144. The second kappa shape index (κ2) is 8.26.